The standard InChI is InChI=1S/C21H22Cl2N2O5S/c22-15-10-16(23)12-18(11-15)31(29,30)25-8-4-7-19(25)21(28)24-17(13-20(26)27)9-14-5-2-1-3-6-14/h1-3,5-6,10-12,17,19H,4,7-9,13H2,(H,24,28)(H,26,27)/t17-,19-/m0/s1. The number of benzene rings is 2. The van der Waals surface area contributed by atoms with E-state index in [4.69, 9.17) is 23.2 Å². The van der Waals surface area contributed by atoms with Crippen molar-refractivity contribution in [2.45, 2.75) is 42.7 Å². The van der Waals surface area contributed by atoms with E-state index in [9.17, 15) is 23.1 Å². The molecule has 1 fully saturated rings. The molecule has 0 aliphatic carbocycles. The molecule has 10 heteroatoms. The summed E-state index contributed by atoms with van der Waals surface area (Å²) in [6.07, 6.45) is 0.893. The van der Waals surface area contributed by atoms with Gasteiger partial charge < -0.3 is 10.4 Å². The first-order valence-corrected chi connectivity index (χ1v) is 11.9. The van der Waals surface area contributed by atoms with E-state index in [1.807, 2.05) is 30.3 Å². The van der Waals surface area contributed by atoms with Gasteiger partial charge in [0.05, 0.1) is 11.3 Å². The number of sulfonamides is 1. The maximum Gasteiger partial charge on any atom is 0.305 e. The summed E-state index contributed by atoms with van der Waals surface area (Å²) in [7, 11) is -4.01. The van der Waals surface area contributed by atoms with Gasteiger partial charge in [-0.25, -0.2) is 8.42 Å². The number of rotatable bonds is 8. The SMILES string of the molecule is O=C(O)C[C@H](Cc1ccccc1)NC(=O)[C@@H]1CCCN1S(=O)(=O)c1cc(Cl)cc(Cl)c1. The van der Waals surface area contributed by atoms with Gasteiger partial charge in [-0.15, -0.1) is 0 Å². The Morgan fingerprint density at radius 3 is 2.39 bits per heavy atom. The number of aliphatic carboxylic acids is 1. The number of amides is 1. The predicted octanol–water partition coefficient (Wildman–Crippen LogP) is 3.35. The Bertz CT molecular complexity index is 1040. The number of carboxylic acids is 1. The maximum atomic E-state index is 13.1. The quantitative estimate of drug-likeness (QED) is 0.597. The van der Waals surface area contributed by atoms with Crippen molar-refractivity contribution in [2.24, 2.45) is 0 Å². The molecule has 1 aliphatic heterocycles. The Kier molecular flexibility index (Phi) is 7.59. The summed E-state index contributed by atoms with van der Waals surface area (Å²) in [4.78, 5) is 24.2. The number of hydrogen-bond acceptors (Lipinski definition) is 4. The lowest BCUT2D eigenvalue weighted by Crippen LogP contribution is -2.49. The molecule has 2 N–H and O–H groups in total. The minimum Gasteiger partial charge on any atom is -0.481 e. The summed E-state index contributed by atoms with van der Waals surface area (Å²) in [5.41, 5.74) is 0.874. The van der Waals surface area contributed by atoms with Crippen molar-refractivity contribution in [3.63, 3.8) is 0 Å². The van der Waals surface area contributed by atoms with Crippen LogP contribution in [0, 0.1) is 0 Å². The van der Waals surface area contributed by atoms with Crippen LogP contribution in [0.2, 0.25) is 10.0 Å². The Morgan fingerprint density at radius 1 is 1.13 bits per heavy atom. The molecule has 1 saturated heterocycles. The zero-order valence-electron chi connectivity index (χ0n) is 16.5. The van der Waals surface area contributed by atoms with Gasteiger partial charge in [0.2, 0.25) is 15.9 Å². The molecule has 7 nitrogen and oxygen atoms in total. The van der Waals surface area contributed by atoms with Gasteiger partial charge in [-0.05, 0) is 43.0 Å². The van der Waals surface area contributed by atoms with Gasteiger partial charge >= 0.3 is 5.97 Å². The van der Waals surface area contributed by atoms with E-state index in [-0.39, 0.29) is 27.9 Å². The zero-order chi connectivity index (χ0) is 22.6. The summed E-state index contributed by atoms with van der Waals surface area (Å²) >= 11 is 11.9. The number of nitrogens with one attached hydrogen (secondary N) is 1. The molecule has 2 aromatic rings. The average molecular weight is 485 g/mol. The van der Waals surface area contributed by atoms with Crippen molar-refractivity contribution in [3.05, 3.63) is 64.1 Å². The first kappa shape index (κ1) is 23.5. The molecule has 0 radical (unpaired) electrons. The molecular weight excluding hydrogens is 463 g/mol. The molecule has 2 aromatic carbocycles. The molecule has 0 spiro atoms. The fourth-order valence-corrected chi connectivity index (χ4v) is 6.07. The van der Waals surface area contributed by atoms with E-state index in [0.717, 1.165) is 9.87 Å². The molecular formula is C21H22Cl2N2O5S. The number of halogens is 2. The fourth-order valence-electron chi connectivity index (χ4n) is 3.68. The van der Waals surface area contributed by atoms with Crippen LogP contribution < -0.4 is 5.32 Å². The highest BCUT2D eigenvalue weighted by Crippen LogP contribution is 2.30. The van der Waals surface area contributed by atoms with Crippen molar-refractivity contribution < 1.29 is 23.1 Å². The Morgan fingerprint density at radius 2 is 1.77 bits per heavy atom. The van der Waals surface area contributed by atoms with Crippen molar-refractivity contribution in [1.29, 1.82) is 0 Å². The van der Waals surface area contributed by atoms with Gasteiger partial charge in [0.25, 0.3) is 0 Å². The maximum absolute atomic E-state index is 13.1. The minimum absolute atomic E-state index is 0.0870. The van der Waals surface area contributed by atoms with Gasteiger partial charge in [0.15, 0.2) is 0 Å². The Hall–Kier alpha value is -2.13. The first-order valence-electron chi connectivity index (χ1n) is 9.71. The first-order chi connectivity index (χ1) is 14.7. The van der Waals surface area contributed by atoms with Crippen LogP contribution in [0.3, 0.4) is 0 Å². The molecule has 0 bridgehead atoms. The fraction of sp³-hybridized carbons (Fsp3) is 0.333. The lowest BCUT2D eigenvalue weighted by Gasteiger charge is -2.26. The van der Waals surface area contributed by atoms with E-state index in [2.05, 4.69) is 5.32 Å². The number of carbonyl (C=O) groups excluding carboxylic acids is 1. The van der Waals surface area contributed by atoms with Crippen molar-refractivity contribution in [3.8, 4) is 0 Å². The smallest absolute Gasteiger partial charge is 0.305 e. The molecule has 1 amide bonds. The lowest BCUT2D eigenvalue weighted by molar-refractivity contribution is -0.137. The summed E-state index contributed by atoms with van der Waals surface area (Å²) in [5, 5.41) is 12.3. The summed E-state index contributed by atoms with van der Waals surface area (Å²) in [6, 6.07) is 11.6. The monoisotopic (exact) mass is 484 g/mol. The molecule has 1 aliphatic rings. The van der Waals surface area contributed by atoms with Gasteiger partial charge in [-0.1, -0.05) is 53.5 Å². The molecule has 166 valence electrons. The largest absolute Gasteiger partial charge is 0.481 e. The highest BCUT2D eigenvalue weighted by molar-refractivity contribution is 7.89. The third-order valence-electron chi connectivity index (χ3n) is 5.04. The highest BCUT2D eigenvalue weighted by atomic mass is 35.5. The zero-order valence-corrected chi connectivity index (χ0v) is 18.8. The van der Waals surface area contributed by atoms with E-state index >= 15 is 0 Å². The molecule has 0 aromatic heterocycles. The number of carbonyl (C=O) groups is 2. The second-order valence-electron chi connectivity index (χ2n) is 7.37. The van der Waals surface area contributed by atoms with Gasteiger partial charge in [-0.2, -0.15) is 4.31 Å². The predicted molar refractivity (Wildman–Crippen MR) is 118 cm³/mol. The number of carboxylic acid groups (broad SMARTS) is 1. The Balaban J connectivity index is 1.79. The molecule has 3 rings (SSSR count). The normalized spacial score (nSPS) is 17.9. The van der Waals surface area contributed by atoms with Gasteiger partial charge in [0, 0.05) is 22.6 Å². The topological polar surface area (TPSA) is 104 Å². The van der Waals surface area contributed by atoms with Crippen molar-refractivity contribution in [1.82, 2.24) is 9.62 Å². The number of nitrogens with zero attached hydrogens (tertiary/aromatic N) is 1. The number of hydrogen-bond donors (Lipinski definition) is 2. The van der Waals surface area contributed by atoms with E-state index in [1.165, 1.54) is 18.2 Å². The van der Waals surface area contributed by atoms with Gasteiger partial charge in [-0.3, -0.25) is 9.59 Å². The van der Waals surface area contributed by atoms with Crippen LogP contribution in [-0.4, -0.2) is 48.3 Å². The van der Waals surface area contributed by atoms with Crippen LogP contribution in [0.1, 0.15) is 24.8 Å². The second-order valence-corrected chi connectivity index (χ2v) is 10.1. The van der Waals surface area contributed by atoms with Crippen LogP contribution in [0.25, 0.3) is 0 Å². The van der Waals surface area contributed by atoms with E-state index in [1.54, 1.807) is 0 Å². The van der Waals surface area contributed by atoms with Crippen LogP contribution in [0.4, 0.5) is 0 Å². The minimum atomic E-state index is -4.01. The molecule has 0 unspecified atom stereocenters. The van der Waals surface area contributed by atoms with Crippen LogP contribution in [0.5, 0.6) is 0 Å². The van der Waals surface area contributed by atoms with E-state index in [0.29, 0.717) is 19.3 Å². The van der Waals surface area contributed by atoms with Crippen LogP contribution in [0.15, 0.2) is 53.4 Å². The lowest BCUT2D eigenvalue weighted by atomic mass is 10.0. The summed E-state index contributed by atoms with van der Waals surface area (Å²) < 4.78 is 27.4. The van der Waals surface area contributed by atoms with Gasteiger partial charge in [0.1, 0.15) is 6.04 Å². The van der Waals surface area contributed by atoms with Crippen molar-refractivity contribution in [2.75, 3.05) is 6.54 Å². The van der Waals surface area contributed by atoms with Crippen LogP contribution >= 0.6 is 23.2 Å². The molecule has 1 heterocycles. The molecule has 0 saturated carbocycles. The van der Waals surface area contributed by atoms with E-state index < -0.39 is 34.0 Å². The second kappa shape index (κ2) is 9.99. The third kappa shape index (κ3) is 5.98. The summed E-state index contributed by atoms with van der Waals surface area (Å²) in [6.45, 7) is 0.173. The Labute approximate surface area is 191 Å². The third-order valence-corrected chi connectivity index (χ3v) is 7.36. The molecule has 2 atom stereocenters. The summed E-state index contributed by atoms with van der Waals surface area (Å²) in [5.74, 6) is -1.57. The highest BCUT2D eigenvalue weighted by Gasteiger charge is 2.40. The van der Waals surface area contributed by atoms with Crippen molar-refractivity contribution >= 4 is 45.1 Å². The van der Waals surface area contributed by atoms with Crippen LogP contribution in [-0.2, 0) is 26.0 Å². The molecule has 31 heavy (non-hydrogen) atoms. The average Bonchev–Trinajstić information content (AvgIpc) is 3.18.